The van der Waals surface area contributed by atoms with Crippen LogP contribution in [0, 0.1) is 6.92 Å². The number of likely N-dealkylation sites (N-methyl/N-ethyl adjacent to an activating group) is 1. The van der Waals surface area contributed by atoms with Gasteiger partial charge in [0.15, 0.2) is 0 Å². The number of aromatic nitrogens is 3. The van der Waals surface area contributed by atoms with Crippen LogP contribution in [0.2, 0.25) is 0 Å². The molecule has 2 aromatic rings. The van der Waals surface area contributed by atoms with Crippen LogP contribution in [-0.4, -0.2) is 59.3 Å². The Bertz CT molecular complexity index is 985. The van der Waals surface area contributed by atoms with Crippen molar-refractivity contribution in [1.82, 2.24) is 19.9 Å². The second kappa shape index (κ2) is 10.4. The standard InChI is InChI=1S/C22H29N9/c1-16(18(12-24)13-25-7-6-23)20-15-27-22(28-17(20)2)29-19-4-5-21(26-14-19)31-10-8-30(3)9-11-31/h4-7,12-15H,1,8-11,23-24H2,2-3H3,(H,27,28,29)/b7-6-,18-12+,25-13+. The fourth-order valence-corrected chi connectivity index (χ4v) is 3.19. The van der Waals surface area contributed by atoms with Crippen molar-refractivity contribution in [2.24, 2.45) is 16.5 Å². The van der Waals surface area contributed by atoms with Gasteiger partial charge in [-0.3, -0.25) is 4.99 Å². The summed E-state index contributed by atoms with van der Waals surface area (Å²) in [6, 6.07) is 4.01. The first-order valence-electron chi connectivity index (χ1n) is 10.0. The molecule has 9 heteroatoms. The van der Waals surface area contributed by atoms with Crippen LogP contribution in [-0.2, 0) is 0 Å². The molecule has 2 aromatic heterocycles. The number of nitrogens with two attached hydrogens (primary N) is 2. The number of hydrogen-bond acceptors (Lipinski definition) is 9. The highest BCUT2D eigenvalue weighted by Gasteiger charge is 2.15. The zero-order chi connectivity index (χ0) is 22.2. The van der Waals surface area contributed by atoms with Gasteiger partial charge >= 0.3 is 0 Å². The molecule has 162 valence electrons. The van der Waals surface area contributed by atoms with Gasteiger partial charge in [0, 0.05) is 68.3 Å². The monoisotopic (exact) mass is 419 g/mol. The lowest BCUT2D eigenvalue weighted by Crippen LogP contribution is -2.44. The van der Waals surface area contributed by atoms with Crippen LogP contribution >= 0.6 is 0 Å². The predicted molar refractivity (Wildman–Crippen MR) is 127 cm³/mol. The second-order valence-corrected chi connectivity index (χ2v) is 7.23. The van der Waals surface area contributed by atoms with Crippen molar-refractivity contribution >= 4 is 29.2 Å². The summed E-state index contributed by atoms with van der Waals surface area (Å²) >= 11 is 0. The largest absolute Gasteiger partial charge is 0.404 e. The minimum Gasteiger partial charge on any atom is -0.404 e. The van der Waals surface area contributed by atoms with Crippen molar-refractivity contribution in [3.63, 3.8) is 0 Å². The lowest BCUT2D eigenvalue weighted by atomic mass is 10.0. The molecule has 3 rings (SSSR count). The first kappa shape index (κ1) is 22.0. The molecule has 0 amide bonds. The number of nitrogens with zero attached hydrogens (tertiary/aromatic N) is 6. The smallest absolute Gasteiger partial charge is 0.227 e. The van der Waals surface area contributed by atoms with Crippen LogP contribution in [0.3, 0.4) is 0 Å². The number of piperazine rings is 1. The van der Waals surface area contributed by atoms with Crippen LogP contribution in [0.25, 0.3) is 5.57 Å². The van der Waals surface area contributed by atoms with Crippen LogP contribution in [0.5, 0.6) is 0 Å². The molecule has 3 heterocycles. The van der Waals surface area contributed by atoms with Gasteiger partial charge in [0.05, 0.1) is 17.6 Å². The Morgan fingerprint density at radius 1 is 1.16 bits per heavy atom. The Kier molecular flexibility index (Phi) is 7.34. The van der Waals surface area contributed by atoms with Crippen molar-refractivity contribution < 1.29 is 0 Å². The third kappa shape index (κ3) is 5.67. The summed E-state index contributed by atoms with van der Waals surface area (Å²) in [5.74, 6) is 1.47. The lowest BCUT2D eigenvalue weighted by molar-refractivity contribution is 0.312. The average molecular weight is 420 g/mol. The molecule has 1 aliphatic rings. The summed E-state index contributed by atoms with van der Waals surface area (Å²) in [6.45, 7) is 10.0. The highest BCUT2D eigenvalue weighted by atomic mass is 15.3. The SMILES string of the molecule is C=C(C(=C/N)/C=N/C=C\N)c1cnc(Nc2ccc(N3CCN(C)CC3)nc2)nc1C. The fraction of sp³-hybridized carbons (Fsp3) is 0.273. The molecule has 0 aromatic carbocycles. The first-order valence-corrected chi connectivity index (χ1v) is 10.0. The van der Waals surface area contributed by atoms with Crippen LogP contribution in [0.1, 0.15) is 11.3 Å². The van der Waals surface area contributed by atoms with Crippen molar-refractivity contribution in [1.29, 1.82) is 0 Å². The van der Waals surface area contributed by atoms with Crippen molar-refractivity contribution in [3.8, 4) is 0 Å². The number of rotatable bonds is 7. The second-order valence-electron chi connectivity index (χ2n) is 7.23. The van der Waals surface area contributed by atoms with Crippen molar-refractivity contribution in [3.05, 3.63) is 66.5 Å². The maximum absolute atomic E-state index is 5.71. The molecule has 0 atom stereocenters. The van der Waals surface area contributed by atoms with Gasteiger partial charge in [0.2, 0.25) is 5.95 Å². The van der Waals surface area contributed by atoms with Crippen LogP contribution < -0.4 is 21.7 Å². The van der Waals surface area contributed by atoms with E-state index in [1.54, 1.807) is 18.6 Å². The Labute approximate surface area is 182 Å². The van der Waals surface area contributed by atoms with E-state index < -0.39 is 0 Å². The highest BCUT2D eigenvalue weighted by molar-refractivity contribution is 6.00. The Balaban J connectivity index is 1.68. The van der Waals surface area contributed by atoms with Gasteiger partial charge in [-0.25, -0.2) is 15.0 Å². The molecule has 5 N–H and O–H groups in total. The maximum atomic E-state index is 5.71. The van der Waals surface area contributed by atoms with E-state index in [2.05, 4.69) is 48.7 Å². The molecule has 0 unspecified atom stereocenters. The quantitative estimate of drug-likeness (QED) is 0.460. The van der Waals surface area contributed by atoms with E-state index in [-0.39, 0.29) is 0 Å². The Morgan fingerprint density at radius 3 is 2.55 bits per heavy atom. The molecule has 9 nitrogen and oxygen atoms in total. The maximum Gasteiger partial charge on any atom is 0.227 e. The van der Waals surface area contributed by atoms with Crippen LogP contribution in [0.15, 0.2) is 60.3 Å². The predicted octanol–water partition coefficient (Wildman–Crippen LogP) is 2.03. The minimum absolute atomic E-state index is 0.487. The zero-order valence-corrected chi connectivity index (χ0v) is 18.0. The van der Waals surface area contributed by atoms with E-state index in [0.29, 0.717) is 17.1 Å². The summed E-state index contributed by atoms with van der Waals surface area (Å²) in [4.78, 5) is 22.2. The number of aryl methyl sites for hydroxylation is 1. The summed E-state index contributed by atoms with van der Waals surface area (Å²) < 4.78 is 0. The number of nitrogens with one attached hydrogen (secondary N) is 1. The summed E-state index contributed by atoms with van der Waals surface area (Å²) in [6.07, 6.45) is 9.36. The number of anilines is 3. The van der Waals surface area contributed by atoms with E-state index in [0.717, 1.165) is 48.9 Å². The Hall–Kier alpha value is -3.72. The van der Waals surface area contributed by atoms with Crippen LogP contribution in [0.4, 0.5) is 17.5 Å². The Morgan fingerprint density at radius 2 is 1.94 bits per heavy atom. The molecule has 1 aliphatic heterocycles. The molecule has 0 spiro atoms. The van der Waals surface area contributed by atoms with Gasteiger partial charge in [0.1, 0.15) is 5.82 Å². The summed E-state index contributed by atoms with van der Waals surface area (Å²) in [5.41, 5.74) is 14.7. The third-order valence-corrected chi connectivity index (χ3v) is 5.05. The number of hydrogen-bond donors (Lipinski definition) is 3. The van der Waals surface area contributed by atoms with Gasteiger partial charge in [0.25, 0.3) is 0 Å². The molecular weight excluding hydrogens is 390 g/mol. The van der Waals surface area contributed by atoms with Gasteiger partial charge in [-0.1, -0.05) is 6.58 Å². The van der Waals surface area contributed by atoms with Crippen molar-refractivity contribution in [2.75, 3.05) is 43.4 Å². The normalized spacial score (nSPS) is 15.7. The highest BCUT2D eigenvalue weighted by Crippen LogP contribution is 2.23. The van der Waals surface area contributed by atoms with Gasteiger partial charge < -0.3 is 26.6 Å². The number of pyridine rings is 1. The van der Waals surface area contributed by atoms with Gasteiger partial charge in [-0.05, 0) is 31.7 Å². The topological polar surface area (TPSA) is 122 Å². The molecule has 0 radical (unpaired) electrons. The van der Waals surface area contributed by atoms with E-state index in [4.69, 9.17) is 11.5 Å². The molecule has 0 saturated carbocycles. The summed E-state index contributed by atoms with van der Waals surface area (Å²) in [5, 5.41) is 3.20. The van der Waals surface area contributed by atoms with E-state index in [9.17, 15) is 0 Å². The lowest BCUT2D eigenvalue weighted by Gasteiger charge is -2.33. The third-order valence-electron chi connectivity index (χ3n) is 5.05. The molecular formula is C22H29N9. The van der Waals surface area contributed by atoms with Gasteiger partial charge in [-0.2, -0.15) is 0 Å². The molecule has 1 fully saturated rings. The molecule has 0 bridgehead atoms. The van der Waals surface area contributed by atoms with E-state index in [1.807, 2.05) is 19.1 Å². The molecule has 1 saturated heterocycles. The van der Waals surface area contributed by atoms with E-state index in [1.165, 1.54) is 18.6 Å². The fourth-order valence-electron chi connectivity index (χ4n) is 3.19. The minimum atomic E-state index is 0.487. The van der Waals surface area contributed by atoms with E-state index >= 15 is 0 Å². The van der Waals surface area contributed by atoms with Crippen molar-refractivity contribution in [2.45, 2.75) is 6.92 Å². The van der Waals surface area contributed by atoms with Gasteiger partial charge in [-0.15, -0.1) is 0 Å². The summed E-state index contributed by atoms with van der Waals surface area (Å²) in [7, 11) is 2.14. The molecule has 0 aliphatic carbocycles. The zero-order valence-electron chi connectivity index (χ0n) is 18.0. The number of allylic oxidation sites excluding steroid dienone is 2. The first-order chi connectivity index (χ1) is 15.0. The average Bonchev–Trinajstić information content (AvgIpc) is 2.78. The molecule has 31 heavy (non-hydrogen) atoms. The number of aliphatic imine (C=N–C) groups is 1.